The van der Waals surface area contributed by atoms with Gasteiger partial charge >= 0.3 is 0 Å². The van der Waals surface area contributed by atoms with Gasteiger partial charge in [0.25, 0.3) is 10.1 Å². The quantitative estimate of drug-likeness (QED) is 0.634. The van der Waals surface area contributed by atoms with Gasteiger partial charge in [-0.2, -0.15) is 8.42 Å². The Morgan fingerprint density at radius 2 is 1.46 bits per heavy atom. The SMILES string of the molecule is CC1(C)CCC(O)(S(=O)(=O)O)CC1. The van der Waals surface area contributed by atoms with Gasteiger partial charge in [0.2, 0.25) is 0 Å². The van der Waals surface area contributed by atoms with Crippen LogP contribution >= 0.6 is 0 Å². The van der Waals surface area contributed by atoms with Crippen LogP contribution in [0.5, 0.6) is 0 Å². The highest BCUT2D eigenvalue weighted by Crippen LogP contribution is 2.42. The second-order valence-corrected chi connectivity index (χ2v) is 6.30. The second kappa shape index (κ2) is 2.93. The van der Waals surface area contributed by atoms with E-state index in [1.54, 1.807) is 0 Å². The summed E-state index contributed by atoms with van der Waals surface area (Å²) in [5, 5.41) is 9.60. The summed E-state index contributed by atoms with van der Waals surface area (Å²) in [4.78, 5) is -1.90. The second-order valence-electron chi connectivity index (χ2n) is 4.59. The summed E-state index contributed by atoms with van der Waals surface area (Å²) in [7, 11) is -4.32. The molecule has 1 aliphatic carbocycles. The predicted octanol–water partition coefficient (Wildman–Crippen LogP) is 1.16. The highest BCUT2D eigenvalue weighted by atomic mass is 32.2. The van der Waals surface area contributed by atoms with Gasteiger partial charge in [-0.05, 0) is 31.1 Å². The molecule has 0 aromatic rings. The van der Waals surface area contributed by atoms with Crippen molar-refractivity contribution in [2.75, 3.05) is 0 Å². The van der Waals surface area contributed by atoms with Crippen molar-refractivity contribution in [3.05, 3.63) is 0 Å². The minimum Gasteiger partial charge on any atom is -0.372 e. The molecule has 5 heteroatoms. The minimum atomic E-state index is -4.32. The van der Waals surface area contributed by atoms with Crippen molar-refractivity contribution in [2.45, 2.75) is 44.5 Å². The molecular formula is C8H16O4S. The van der Waals surface area contributed by atoms with E-state index in [1.165, 1.54) is 0 Å². The van der Waals surface area contributed by atoms with Gasteiger partial charge in [0.1, 0.15) is 0 Å². The predicted molar refractivity (Wildman–Crippen MR) is 48.7 cm³/mol. The lowest BCUT2D eigenvalue weighted by atomic mass is 9.76. The third kappa shape index (κ3) is 2.21. The third-order valence-electron chi connectivity index (χ3n) is 2.86. The molecule has 13 heavy (non-hydrogen) atoms. The number of aliphatic hydroxyl groups is 1. The van der Waals surface area contributed by atoms with E-state index in [4.69, 9.17) is 4.55 Å². The molecule has 0 bridgehead atoms. The largest absolute Gasteiger partial charge is 0.372 e. The smallest absolute Gasteiger partial charge is 0.294 e. The lowest BCUT2D eigenvalue weighted by molar-refractivity contribution is 0.0353. The fourth-order valence-corrected chi connectivity index (χ4v) is 2.30. The first-order valence-corrected chi connectivity index (χ1v) is 5.80. The van der Waals surface area contributed by atoms with E-state index >= 15 is 0 Å². The van der Waals surface area contributed by atoms with E-state index < -0.39 is 15.1 Å². The lowest BCUT2D eigenvalue weighted by Gasteiger charge is -2.37. The fraction of sp³-hybridized carbons (Fsp3) is 1.00. The molecule has 1 rings (SSSR count). The van der Waals surface area contributed by atoms with E-state index in [-0.39, 0.29) is 18.3 Å². The van der Waals surface area contributed by atoms with Crippen molar-refractivity contribution in [3.8, 4) is 0 Å². The summed E-state index contributed by atoms with van der Waals surface area (Å²) in [5.74, 6) is 0. The zero-order valence-corrected chi connectivity index (χ0v) is 8.76. The van der Waals surface area contributed by atoms with Crippen LogP contribution in [-0.4, -0.2) is 23.0 Å². The molecule has 0 radical (unpaired) electrons. The van der Waals surface area contributed by atoms with Gasteiger partial charge < -0.3 is 5.11 Å². The van der Waals surface area contributed by atoms with E-state index in [9.17, 15) is 13.5 Å². The summed E-state index contributed by atoms with van der Waals surface area (Å²) in [6.45, 7) is 4.05. The monoisotopic (exact) mass is 208 g/mol. The zero-order chi connectivity index (χ0) is 10.3. The summed E-state index contributed by atoms with van der Waals surface area (Å²) in [5.41, 5.74) is 0.0664. The maximum atomic E-state index is 10.8. The normalized spacial score (nSPS) is 27.1. The van der Waals surface area contributed by atoms with Crippen LogP contribution in [0.25, 0.3) is 0 Å². The topological polar surface area (TPSA) is 74.6 Å². The molecule has 4 nitrogen and oxygen atoms in total. The maximum Gasteiger partial charge on any atom is 0.294 e. The molecule has 2 N–H and O–H groups in total. The van der Waals surface area contributed by atoms with Gasteiger partial charge in [0, 0.05) is 0 Å². The highest BCUT2D eigenvalue weighted by Gasteiger charge is 2.45. The molecule has 0 unspecified atom stereocenters. The van der Waals surface area contributed by atoms with E-state index in [0.717, 1.165) is 0 Å². The molecule has 1 aliphatic rings. The van der Waals surface area contributed by atoms with Crippen LogP contribution in [0.15, 0.2) is 0 Å². The first-order chi connectivity index (χ1) is 5.66. The van der Waals surface area contributed by atoms with Crippen LogP contribution in [0, 0.1) is 5.41 Å². The average Bonchev–Trinajstić information content (AvgIpc) is 1.94. The van der Waals surface area contributed by atoms with Crippen LogP contribution in [0.1, 0.15) is 39.5 Å². The lowest BCUT2D eigenvalue weighted by Crippen LogP contribution is -2.43. The van der Waals surface area contributed by atoms with E-state index in [2.05, 4.69) is 0 Å². The summed E-state index contributed by atoms with van der Waals surface area (Å²) < 4.78 is 30.4. The third-order valence-corrected chi connectivity index (χ3v) is 4.23. The molecule has 0 aromatic carbocycles. The first-order valence-electron chi connectivity index (χ1n) is 4.36. The van der Waals surface area contributed by atoms with Crippen LogP contribution in [0.3, 0.4) is 0 Å². The van der Waals surface area contributed by atoms with Crippen molar-refractivity contribution in [3.63, 3.8) is 0 Å². The number of hydrogen-bond donors (Lipinski definition) is 2. The Hall–Kier alpha value is -0.130. The van der Waals surface area contributed by atoms with Crippen LogP contribution in [0.4, 0.5) is 0 Å². The van der Waals surface area contributed by atoms with E-state index in [1.807, 2.05) is 13.8 Å². The minimum absolute atomic E-state index is 0.0664. The molecule has 1 fully saturated rings. The van der Waals surface area contributed by atoms with Gasteiger partial charge in [0.15, 0.2) is 4.93 Å². The molecule has 0 spiro atoms. The van der Waals surface area contributed by atoms with Crippen molar-refractivity contribution in [1.29, 1.82) is 0 Å². The highest BCUT2D eigenvalue weighted by molar-refractivity contribution is 7.87. The molecular weight excluding hydrogens is 192 g/mol. The first kappa shape index (κ1) is 10.9. The Kier molecular flexibility index (Phi) is 2.47. The number of hydrogen-bond acceptors (Lipinski definition) is 3. The Bertz CT molecular complexity index is 281. The van der Waals surface area contributed by atoms with Gasteiger partial charge in [-0.3, -0.25) is 4.55 Å². The summed E-state index contributed by atoms with van der Waals surface area (Å²) in [6, 6.07) is 0. The maximum absolute atomic E-state index is 10.8. The molecule has 0 aliphatic heterocycles. The van der Waals surface area contributed by atoms with Crippen molar-refractivity contribution in [2.24, 2.45) is 5.41 Å². The Balaban J connectivity index is 2.79. The molecule has 0 amide bonds. The van der Waals surface area contributed by atoms with Gasteiger partial charge in [-0.1, -0.05) is 13.8 Å². The summed E-state index contributed by atoms with van der Waals surface area (Å²) >= 11 is 0. The molecule has 0 saturated heterocycles. The van der Waals surface area contributed by atoms with Crippen LogP contribution in [0.2, 0.25) is 0 Å². The zero-order valence-electron chi connectivity index (χ0n) is 7.95. The molecule has 0 atom stereocenters. The van der Waals surface area contributed by atoms with Crippen molar-refractivity contribution in [1.82, 2.24) is 0 Å². The van der Waals surface area contributed by atoms with E-state index in [0.29, 0.717) is 12.8 Å². The molecule has 1 saturated carbocycles. The Labute approximate surface area is 78.7 Å². The van der Waals surface area contributed by atoms with Gasteiger partial charge in [-0.25, -0.2) is 0 Å². The fourth-order valence-electron chi connectivity index (χ4n) is 1.58. The molecule has 0 aromatic heterocycles. The number of rotatable bonds is 1. The van der Waals surface area contributed by atoms with Crippen molar-refractivity contribution < 1.29 is 18.1 Å². The molecule has 78 valence electrons. The molecule has 0 heterocycles. The van der Waals surface area contributed by atoms with Gasteiger partial charge in [-0.15, -0.1) is 0 Å². The average molecular weight is 208 g/mol. The Morgan fingerprint density at radius 3 is 1.77 bits per heavy atom. The van der Waals surface area contributed by atoms with Crippen LogP contribution in [-0.2, 0) is 10.1 Å². The van der Waals surface area contributed by atoms with Crippen LogP contribution < -0.4 is 0 Å². The Morgan fingerprint density at radius 1 is 1.08 bits per heavy atom. The summed E-state index contributed by atoms with van der Waals surface area (Å²) in [6.07, 6.45) is 1.48. The van der Waals surface area contributed by atoms with Gasteiger partial charge in [0.05, 0.1) is 0 Å². The van der Waals surface area contributed by atoms with Crippen molar-refractivity contribution >= 4 is 10.1 Å². The standard InChI is InChI=1S/C8H16O4S/c1-7(2)3-5-8(9,6-4-7)13(10,11)12/h9H,3-6H2,1-2H3,(H,10,11,12).